The maximum atomic E-state index is 5.93. The lowest BCUT2D eigenvalue weighted by Crippen LogP contribution is -2.29. The van der Waals surface area contributed by atoms with Crippen LogP contribution in [0.15, 0.2) is 0 Å². The zero-order chi connectivity index (χ0) is 12.5. The molecule has 1 fully saturated rings. The van der Waals surface area contributed by atoms with E-state index in [-0.39, 0.29) is 0 Å². The zero-order valence-electron chi connectivity index (χ0n) is 12.0. The predicted molar refractivity (Wildman–Crippen MR) is 74.3 cm³/mol. The second-order valence-electron chi connectivity index (χ2n) is 6.03. The van der Waals surface area contributed by atoms with E-state index in [0.717, 1.165) is 31.5 Å². The average Bonchev–Trinajstić information content (AvgIpc) is 2.33. The Morgan fingerprint density at radius 1 is 1.12 bits per heavy atom. The predicted octanol–water partition coefficient (Wildman–Crippen LogP) is 3.61. The van der Waals surface area contributed by atoms with Crippen molar-refractivity contribution < 1.29 is 4.74 Å². The van der Waals surface area contributed by atoms with Crippen molar-refractivity contribution in [2.45, 2.75) is 65.4 Å². The molecule has 1 atom stereocenters. The number of nitrogens with one attached hydrogen (secondary N) is 1. The van der Waals surface area contributed by atoms with E-state index in [4.69, 9.17) is 4.74 Å². The van der Waals surface area contributed by atoms with E-state index in [0.29, 0.717) is 6.10 Å². The molecule has 1 rings (SSSR count). The van der Waals surface area contributed by atoms with Crippen LogP contribution < -0.4 is 5.32 Å². The monoisotopic (exact) mass is 241 g/mol. The van der Waals surface area contributed by atoms with Gasteiger partial charge in [0.05, 0.1) is 6.10 Å². The number of hydrogen-bond acceptors (Lipinski definition) is 2. The summed E-state index contributed by atoms with van der Waals surface area (Å²) in [7, 11) is 0. The molecular formula is C15H31NO. The van der Waals surface area contributed by atoms with Crippen molar-refractivity contribution >= 4 is 0 Å². The highest BCUT2D eigenvalue weighted by Crippen LogP contribution is 2.23. The number of ether oxygens (including phenoxy) is 1. The summed E-state index contributed by atoms with van der Waals surface area (Å²) in [5.41, 5.74) is 0. The normalized spacial score (nSPS) is 19.8. The summed E-state index contributed by atoms with van der Waals surface area (Å²) in [6.07, 6.45) is 8.65. The van der Waals surface area contributed by atoms with Crippen molar-refractivity contribution in [1.82, 2.24) is 5.32 Å². The summed E-state index contributed by atoms with van der Waals surface area (Å²) < 4.78 is 5.93. The average molecular weight is 241 g/mol. The molecule has 0 heterocycles. The van der Waals surface area contributed by atoms with Gasteiger partial charge in [-0.15, -0.1) is 0 Å². The Kier molecular flexibility index (Phi) is 7.87. The summed E-state index contributed by atoms with van der Waals surface area (Å²) in [5, 5.41) is 3.48. The minimum Gasteiger partial charge on any atom is -0.377 e. The van der Waals surface area contributed by atoms with Gasteiger partial charge in [0.2, 0.25) is 0 Å². The number of rotatable bonds is 8. The quantitative estimate of drug-likeness (QED) is 0.656. The van der Waals surface area contributed by atoms with Crippen LogP contribution in [0.3, 0.4) is 0 Å². The SMILES string of the molecule is CC(C)CCNCC(C)OCC1CCCCC1. The molecule has 0 aromatic carbocycles. The minimum atomic E-state index is 0.365. The molecule has 2 heteroatoms. The Hall–Kier alpha value is -0.0800. The molecule has 0 saturated heterocycles. The van der Waals surface area contributed by atoms with Gasteiger partial charge in [-0.1, -0.05) is 33.1 Å². The molecule has 1 saturated carbocycles. The molecule has 0 amide bonds. The van der Waals surface area contributed by atoms with Crippen LogP contribution in [0.4, 0.5) is 0 Å². The Bertz CT molecular complexity index is 176. The van der Waals surface area contributed by atoms with E-state index in [1.54, 1.807) is 0 Å². The van der Waals surface area contributed by atoms with Gasteiger partial charge in [0.25, 0.3) is 0 Å². The molecule has 102 valence electrons. The molecule has 0 aliphatic heterocycles. The second kappa shape index (κ2) is 8.93. The molecule has 1 N–H and O–H groups in total. The maximum absolute atomic E-state index is 5.93. The lowest BCUT2D eigenvalue weighted by molar-refractivity contribution is 0.0314. The van der Waals surface area contributed by atoms with Crippen LogP contribution in [0.1, 0.15) is 59.3 Å². The fourth-order valence-electron chi connectivity index (χ4n) is 2.41. The van der Waals surface area contributed by atoms with Gasteiger partial charge < -0.3 is 10.1 Å². The molecule has 2 nitrogen and oxygen atoms in total. The van der Waals surface area contributed by atoms with Crippen molar-refractivity contribution in [3.63, 3.8) is 0 Å². The molecule has 17 heavy (non-hydrogen) atoms. The fourth-order valence-corrected chi connectivity index (χ4v) is 2.41. The lowest BCUT2D eigenvalue weighted by atomic mass is 9.90. The first-order valence-electron chi connectivity index (χ1n) is 7.50. The van der Waals surface area contributed by atoms with Crippen LogP contribution in [-0.2, 0) is 4.74 Å². The first-order valence-corrected chi connectivity index (χ1v) is 7.50. The highest BCUT2D eigenvalue weighted by Gasteiger charge is 2.14. The van der Waals surface area contributed by atoms with Crippen LogP contribution in [0, 0.1) is 11.8 Å². The minimum absolute atomic E-state index is 0.365. The van der Waals surface area contributed by atoms with Crippen LogP contribution in [-0.4, -0.2) is 25.8 Å². The molecule has 1 unspecified atom stereocenters. The third kappa shape index (κ3) is 7.77. The van der Waals surface area contributed by atoms with E-state index in [2.05, 4.69) is 26.1 Å². The zero-order valence-corrected chi connectivity index (χ0v) is 12.0. The van der Waals surface area contributed by atoms with Crippen LogP contribution in [0.5, 0.6) is 0 Å². The standard InChI is InChI=1S/C15H31NO/c1-13(2)9-10-16-11-14(3)17-12-15-7-5-4-6-8-15/h13-16H,4-12H2,1-3H3. The molecule has 1 aliphatic carbocycles. The first kappa shape index (κ1) is 15.0. The highest BCUT2D eigenvalue weighted by molar-refractivity contribution is 4.66. The van der Waals surface area contributed by atoms with Crippen molar-refractivity contribution in [3.8, 4) is 0 Å². The van der Waals surface area contributed by atoms with E-state index in [1.165, 1.54) is 38.5 Å². The van der Waals surface area contributed by atoms with Gasteiger partial charge in [-0.25, -0.2) is 0 Å². The van der Waals surface area contributed by atoms with E-state index in [9.17, 15) is 0 Å². The highest BCUT2D eigenvalue weighted by atomic mass is 16.5. The van der Waals surface area contributed by atoms with E-state index >= 15 is 0 Å². The van der Waals surface area contributed by atoms with Crippen LogP contribution >= 0.6 is 0 Å². The van der Waals surface area contributed by atoms with Gasteiger partial charge in [0, 0.05) is 13.2 Å². The van der Waals surface area contributed by atoms with Gasteiger partial charge in [-0.2, -0.15) is 0 Å². The molecule has 1 aliphatic rings. The van der Waals surface area contributed by atoms with E-state index < -0.39 is 0 Å². The Morgan fingerprint density at radius 2 is 1.82 bits per heavy atom. The molecular weight excluding hydrogens is 210 g/mol. The van der Waals surface area contributed by atoms with Gasteiger partial charge >= 0.3 is 0 Å². The largest absolute Gasteiger partial charge is 0.377 e. The maximum Gasteiger partial charge on any atom is 0.0671 e. The summed E-state index contributed by atoms with van der Waals surface area (Å²) in [5.74, 6) is 1.63. The molecule has 0 aromatic heterocycles. The molecule has 0 spiro atoms. The Labute approximate surface area is 108 Å². The fraction of sp³-hybridized carbons (Fsp3) is 1.00. The van der Waals surface area contributed by atoms with Crippen LogP contribution in [0.25, 0.3) is 0 Å². The van der Waals surface area contributed by atoms with Gasteiger partial charge in [0.15, 0.2) is 0 Å². The smallest absolute Gasteiger partial charge is 0.0671 e. The van der Waals surface area contributed by atoms with Gasteiger partial charge in [0.1, 0.15) is 0 Å². The Balaban J connectivity index is 1.94. The third-order valence-electron chi connectivity index (χ3n) is 3.67. The second-order valence-corrected chi connectivity index (χ2v) is 6.03. The van der Waals surface area contributed by atoms with Crippen molar-refractivity contribution in [3.05, 3.63) is 0 Å². The summed E-state index contributed by atoms with van der Waals surface area (Å²) in [6.45, 7) is 9.82. The molecule has 0 radical (unpaired) electrons. The van der Waals surface area contributed by atoms with Crippen LogP contribution in [0.2, 0.25) is 0 Å². The lowest BCUT2D eigenvalue weighted by Gasteiger charge is -2.23. The topological polar surface area (TPSA) is 21.3 Å². The number of hydrogen-bond donors (Lipinski definition) is 1. The van der Waals surface area contributed by atoms with E-state index in [1.807, 2.05) is 0 Å². The van der Waals surface area contributed by atoms with Crippen molar-refractivity contribution in [1.29, 1.82) is 0 Å². The summed E-state index contributed by atoms with van der Waals surface area (Å²) in [4.78, 5) is 0. The first-order chi connectivity index (χ1) is 8.18. The molecule has 0 aromatic rings. The third-order valence-corrected chi connectivity index (χ3v) is 3.67. The van der Waals surface area contributed by atoms with Crippen molar-refractivity contribution in [2.24, 2.45) is 11.8 Å². The molecule has 0 bridgehead atoms. The van der Waals surface area contributed by atoms with Gasteiger partial charge in [-0.05, 0) is 44.6 Å². The Morgan fingerprint density at radius 3 is 2.47 bits per heavy atom. The summed E-state index contributed by atoms with van der Waals surface area (Å²) in [6, 6.07) is 0. The van der Waals surface area contributed by atoms with Gasteiger partial charge in [-0.3, -0.25) is 0 Å². The van der Waals surface area contributed by atoms with Crippen molar-refractivity contribution in [2.75, 3.05) is 19.7 Å². The summed E-state index contributed by atoms with van der Waals surface area (Å²) >= 11 is 0.